The van der Waals surface area contributed by atoms with Gasteiger partial charge >= 0.3 is 51.4 Å². The number of hydrogen-bond acceptors (Lipinski definition) is 0. The zero-order valence-electron chi connectivity index (χ0n) is 2.63. The Kier molecular flexibility index (Phi) is 13.6. The number of rotatable bonds is 0. The Labute approximate surface area is 88.6 Å². The van der Waals surface area contributed by atoms with Crippen LogP contribution in [0.2, 0.25) is 0 Å². The molecule has 0 aliphatic rings. The van der Waals surface area contributed by atoms with E-state index < -0.39 is 0 Å². The van der Waals surface area contributed by atoms with E-state index in [1.807, 2.05) is 0 Å². The first-order chi connectivity index (χ1) is 1.73. The summed E-state index contributed by atoms with van der Waals surface area (Å²) in [7, 11) is 0. The maximum atomic E-state index is 4.72. The van der Waals surface area contributed by atoms with Crippen molar-refractivity contribution in [2.75, 3.05) is 0 Å². The summed E-state index contributed by atoms with van der Waals surface area (Å²) in [4.78, 5) is 0. The third kappa shape index (κ3) is 21.0. The summed E-state index contributed by atoms with van der Waals surface area (Å²) in [5, 5.41) is 0. The Bertz CT molecular complexity index is 11.6. The van der Waals surface area contributed by atoms with Crippen LogP contribution in [0.3, 0.4) is 0 Å². The molecular weight excluding hydrogens is 157 g/mol. The van der Waals surface area contributed by atoms with E-state index >= 15 is 0 Å². The van der Waals surface area contributed by atoms with Crippen molar-refractivity contribution >= 4 is 34.8 Å². The first kappa shape index (κ1) is 10.5. The molecule has 0 amide bonds. The molecule has 0 N–H and O–H groups in total. The van der Waals surface area contributed by atoms with Gasteiger partial charge in [0.1, 0.15) is 0 Å². The summed E-state index contributed by atoms with van der Waals surface area (Å²) < 4.78 is -0.167. The molecule has 0 aliphatic heterocycles. The van der Waals surface area contributed by atoms with E-state index in [-0.39, 0.29) is 55.7 Å². The molecule has 0 saturated carbocycles. The Hall–Kier alpha value is 2.51. The molecule has 0 heterocycles. The predicted octanol–water partition coefficient (Wildman–Crippen LogP) is -0.846. The first-order valence-corrected chi connectivity index (χ1v) is 1.70. The molecule has 0 bridgehead atoms. The zero-order chi connectivity index (χ0) is 3.58. The van der Waals surface area contributed by atoms with Gasteiger partial charge in [-0.1, -0.05) is 4.30 Å². The molecule has 5 heavy (non-hydrogen) atoms. The Balaban J connectivity index is 0. The van der Waals surface area contributed by atoms with E-state index in [4.69, 9.17) is 34.8 Å². The van der Waals surface area contributed by atoms with Crippen LogP contribution in [0, 0.1) is 4.30 Å². The molecule has 0 unspecified atom stereocenters. The van der Waals surface area contributed by atoms with Crippen LogP contribution in [-0.2, 0) is 0 Å². The maximum absolute atomic E-state index is 4.72. The summed E-state index contributed by atoms with van der Waals surface area (Å²) in [5.74, 6) is 0. The second-order valence-electron chi connectivity index (χ2n) is 0.214. The Morgan fingerprint density at radius 1 is 1.00 bits per heavy atom. The van der Waals surface area contributed by atoms with E-state index in [0.29, 0.717) is 0 Å². The molecule has 0 aromatic carbocycles. The summed E-state index contributed by atoms with van der Waals surface area (Å²) in [6.07, 6.45) is 0. The fourth-order valence-corrected chi connectivity index (χ4v) is 0. The molecule has 0 saturated heterocycles. The standard InChI is InChI=1S/CCl3.K/c2-1(3)4;/q-1;+1. The molecule has 26 valence electrons. The SMILES string of the molecule is Cl[C-](Cl)Cl.[K+]. The van der Waals surface area contributed by atoms with Crippen LogP contribution in [0.15, 0.2) is 0 Å². The van der Waals surface area contributed by atoms with Crippen molar-refractivity contribution in [3.8, 4) is 0 Å². The minimum Gasteiger partial charge on any atom is -0.312 e. The monoisotopic (exact) mass is 156 g/mol. The predicted molar refractivity (Wildman–Crippen MR) is 20.8 cm³/mol. The molecule has 0 atom stereocenters. The van der Waals surface area contributed by atoms with Gasteiger partial charge in [0, 0.05) is 0 Å². The molecule has 0 nitrogen and oxygen atoms in total. The van der Waals surface area contributed by atoms with Crippen molar-refractivity contribution in [2.45, 2.75) is 0 Å². The summed E-state index contributed by atoms with van der Waals surface area (Å²) >= 11 is 14.2. The van der Waals surface area contributed by atoms with Crippen molar-refractivity contribution < 1.29 is 51.4 Å². The molecule has 0 fully saturated rings. The maximum Gasteiger partial charge on any atom is 1.00 e. The third-order valence-electron chi connectivity index (χ3n) is 0. The van der Waals surface area contributed by atoms with Gasteiger partial charge in [0.25, 0.3) is 0 Å². The largest absolute Gasteiger partial charge is 1.00 e. The molecule has 0 radical (unpaired) electrons. The average Bonchev–Trinajstić information content (AvgIpc) is 0.811. The smallest absolute Gasteiger partial charge is 0.312 e. The van der Waals surface area contributed by atoms with Gasteiger partial charge in [-0.25, -0.2) is 0 Å². The molecule has 0 aliphatic carbocycles. The second kappa shape index (κ2) is 6.51. The van der Waals surface area contributed by atoms with Crippen LogP contribution in [0.25, 0.3) is 0 Å². The van der Waals surface area contributed by atoms with Gasteiger partial charge in [0.2, 0.25) is 0 Å². The molecular formula is CCl3K. The van der Waals surface area contributed by atoms with Gasteiger partial charge < -0.3 is 34.8 Å². The third-order valence-corrected chi connectivity index (χ3v) is 0. The van der Waals surface area contributed by atoms with E-state index in [0.717, 1.165) is 0 Å². The zero-order valence-corrected chi connectivity index (χ0v) is 8.02. The van der Waals surface area contributed by atoms with E-state index in [1.165, 1.54) is 0 Å². The van der Waals surface area contributed by atoms with Crippen LogP contribution in [0.5, 0.6) is 0 Å². The van der Waals surface area contributed by atoms with Crippen LogP contribution in [-0.4, -0.2) is 0 Å². The molecule has 0 aromatic rings. The first-order valence-electron chi connectivity index (χ1n) is 0.567. The van der Waals surface area contributed by atoms with Crippen molar-refractivity contribution in [1.29, 1.82) is 0 Å². The minimum absolute atomic E-state index is 0. The van der Waals surface area contributed by atoms with Gasteiger partial charge in [0.05, 0.1) is 0 Å². The van der Waals surface area contributed by atoms with Gasteiger partial charge in [-0.15, -0.1) is 0 Å². The van der Waals surface area contributed by atoms with Crippen LogP contribution in [0.1, 0.15) is 0 Å². The molecule has 0 spiro atoms. The summed E-state index contributed by atoms with van der Waals surface area (Å²) in [6.45, 7) is 0. The normalized spacial score (nSPS) is 7.20. The van der Waals surface area contributed by atoms with Crippen LogP contribution < -0.4 is 51.4 Å². The molecule has 4 heteroatoms. The fraction of sp³-hybridized carbons (Fsp3) is 0. The number of hydrogen-bond donors (Lipinski definition) is 0. The summed E-state index contributed by atoms with van der Waals surface area (Å²) in [5.41, 5.74) is 0. The van der Waals surface area contributed by atoms with Crippen molar-refractivity contribution in [3.05, 3.63) is 4.30 Å². The summed E-state index contributed by atoms with van der Waals surface area (Å²) in [6, 6.07) is 0. The fourth-order valence-electron chi connectivity index (χ4n) is 0. The van der Waals surface area contributed by atoms with E-state index in [2.05, 4.69) is 0 Å². The van der Waals surface area contributed by atoms with E-state index in [1.54, 1.807) is 0 Å². The van der Waals surface area contributed by atoms with Crippen molar-refractivity contribution in [1.82, 2.24) is 0 Å². The van der Waals surface area contributed by atoms with Gasteiger partial charge in [-0.2, -0.15) is 0 Å². The van der Waals surface area contributed by atoms with Crippen LogP contribution in [0.4, 0.5) is 0 Å². The van der Waals surface area contributed by atoms with E-state index in [9.17, 15) is 0 Å². The van der Waals surface area contributed by atoms with Gasteiger partial charge in [0.15, 0.2) is 0 Å². The minimum atomic E-state index is -0.167. The quantitative estimate of drug-likeness (QED) is 0.318. The number of halogens is 3. The average molecular weight is 157 g/mol. The van der Waals surface area contributed by atoms with Crippen molar-refractivity contribution in [2.24, 2.45) is 0 Å². The van der Waals surface area contributed by atoms with Crippen molar-refractivity contribution in [3.63, 3.8) is 0 Å². The van der Waals surface area contributed by atoms with Gasteiger partial charge in [-0.3, -0.25) is 0 Å². The molecule has 0 aromatic heterocycles. The van der Waals surface area contributed by atoms with Gasteiger partial charge in [-0.05, 0) is 0 Å². The topological polar surface area (TPSA) is 0 Å². The van der Waals surface area contributed by atoms with Crippen LogP contribution >= 0.6 is 34.8 Å². The second-order valence-corrected chi connectivity index (χ2v) is 1.93. The Morgan fingerprint density at radius 2 is 1.00 bits per heavy atom. The Morgan fingerprint density at radius 3 is 1.00 bits per heavy atom. The molecule has 0 rings (SSSR count).